The molecule has 0 unspecified atom stereocenters. The first-order valence-corrected chi connectivity index (χ1v) is 16.5. The van der Waals surface area contributed by atoms with E-state index in [1.165, 1.54) is 57.0 Å². The van der Waals surface area contributed by atoms with E-state index in [-0.39, 0.29) is 0 Å². The Balaban J connectivity index is 1.18. The highest BCUT2D eigenvalue weighted by molar-refractivity contribution is 7.26. The first kappa shape index (κ1) is 27.4. The number of aliphatic imine (C=N–C) groups is 2. The molecular weight excluding hydrogens is 585 g/mol. The Morgan fingerprint density at radius 2 is 1.04 bits per heavy atom. The molecule has 2 nitrogen and oxygen atoms in total. The third-order valence-corrected chi connectivity index (χ3v) is 10.9. The molecule has 8 aromatic rings. The van der Waals surface area contributed by atoms with Gasteiger partial charge >= 0.3 is 0 Å². The lowest BCUT2D eigenvalue weighted by molar-refractivity contribution is 1.43. The number of hydrogen-bond donors (Lipinski definition) is 0. The normalized spacial score (nSPS) is 12.5. The van der Waals surface area contributed by atoms with Crippen LogP contribution in [0.25, 0.3) is 68.3 Å². The SMILES string of the molecule is C=N/C(=C\C(=NC)c1cccc(-c2cccc3c2sc2ccccc23)c1)c1cccc(-c2cccc3c2sc2ccccc23)c1. The van der Waals surface area contributed by atoms with Crippen LogP contribution in [-0.2, 0) is 0 Å². The second kappa shape index (κ2) is 11.4. The Kier molecular flexibility index (Phi) is 6.94. The van der Waals surface area contributed by atoms with E-state index in [4.69, 9.17) is 4.99 Å². The number of rotatable bonds is 6. The Morgan fingerprint density at radius 3 is 1.60 bits per heavy atom. The average Bonchev–Trinajstić information content (AvgIpc) is 3.68. The standard InChI is InChI=1S/C41H28N2S2/c1-42-36(28-13-7-11-26(23-28)30-17-9-19-34-32-15-3-5-21-38(32)44-40(30)34)25-37(43-2)29-14-8-12-27(24-29)31-18-10-20-35-33-16-4-6-22-39(33)45-41(31)35/h3-25H,1H2,2H3/b36-25-,43-37?. The zero-order valence-electron chi connectivity index (χ0n) is 24.7. The van der Waals surface area contributed by atoms with Crippen LogP contribution in [0.15, 0.2) is 150 Å². The molecule has 0 saturated heterocycles. The fourth-order valence-corrected chi connectivity index (χ4v) is 8.74. The number of hydrogen-bond acceptors (Lipinski definition) is 4. The van der Waals surface area contributed by atoms with Crippen molar-refractivity contribution in [1.29, 1.82) is 0 Å². The largest absolute Gasteiger partial charge is 0.288 e. The summed E-state index contributed by atoms with van der Waals surface area (Å²) in [6.07, 6.45) is 2.05. The molecule has 0 aliphatic carbocycles. The molecule has 8 rings (SSSR count). The Bertz CT molecular complexity index is 2470. The molecule has 0 radical (unpaired) electrons. The number of thiophene rings is 2. The van der Waals surface area contributed by atoms with Gasteiger partial charge in [-0.3, -0.25) is 9.98 Å². The van der Waals surface area contributed by atoms with Gasteiger partial charge in [-0.2, -0.15) is 0 Å². The minimum absolute atomic E-state index is 0.790. The lowest BCUT2D eigenvalue weighted by atomic mass is 9.97. The van der Waals surface area contributed by atoms with Crippen molar-refractivity contribution in [1.82, 2.24) is 0 Å². The first-order valence-electron chi connectivity index (χ1n) is 14.9. The van der Waals surface area contributed by atoms with Crippen LogP contribution >= 0.6 is 22.7 Å². The molecule has 2 heterocycles. The Labute approximate surface area is 270 Å². The van der Waals surface area contributed by atoms with Crippen LogP contribution in [-0.4, -0.2) is 19.5 Å². The van der Waals surface area contributed by atoms with Crippen molar-refractivity contribution in [3.63, 3.8) is 0 Å². The zero-order chi connectivity index (χ0) is 30.3. The summed E-state index contributed by atoms with van der Waals surface area (Å²) in [6.45, 7) is 3.95. The lowest BCUT2D eigenvalue weighted by Crippen LogP contribution is -1.99. The number of benzene rings is 6. The van der Waals surface area contributed by atoms with E-state index >= 15 is 0 Å². The summed E-state index contributed by atoms with van der Waals surface area (Å²) in [6, 6.07) is 47.7. The van der Waals surface area contributed by atoms with Crippen LogP contribution in [0.5, 0.6) is 0 Å². The molecule has 0 aliphatic heterocycles. The molecule has 0 bridgehead atoms. The van der Waals surface area contributed by atoms with Crippen LogP contribution in [0.3, 0.4) is 0 Å². The molecule has 4 heteroatoms. The molecule has 0 fully saturated rings. The summed E-state index contributed by atoms with van der Waals surface area (Å²) in [5.74, 6) is 0. The first-order chi connectivity index (χ1) is 22.2. The molecule has 6 aromatic carbocycles. The van der Waals surface area contributed by atoms with Crippen LogP contribution in [0.4, 0.5) is 0 Å². The molecule has 0 amide bonds. The maximum atomic E-state index is 4.71. The molecule has 214 valence electrons. The third kappa shape index (κ3) is 4.80. The van der Waals surface area contributed by atoms with Gasteiger partial charge < -0.3 is 0 Å². The van der Waals surface area contributed by atoms with E-state index < -0.39 is 0 Å². The van der Waals surface area contributed by atoms with E-state index in [9.17, 15) is 0 Å². The fourth-order valence-electron chi connectivity index (χ4n) is 6.27. The van der Waals surface area contributed by atoms with Gasteiger partial charge in [0, 0.05) is 58.5 Å². The van der Waals surface area contributed by atoms with Crippen LogP contribution in [0.1, 0.15) is 11.1 Å². The van der Waals surface area contributed by atoms with Gasteiger partial charge in [0.2, 0.25) is 0 Å². The smallest absolute Gasteiger partial charge is 0.0716 e. The third-order valence-electron chi connectivity index (χ3n) is 8.43. The molecule has 0 aliphatic rings. The molecule has 0 saturated carbocycles. The van der Waals surface area contributed by atoms with E-state index in [2.05, 4.69) is 145 Å². The van der Waals surface area contributed by atoms with Gasteiger partial charge in [-0.05, 0) is 59.3 Å². The van der Waals surface area contributed by atoms with Gasteiger partial charge in [-0.15, -0.1) is 22.7 Å². The van der Waals surface area contributed by atoms with Crippen molar-refractivity contribution >= 4 is 81.1 Å². The van der Waals surface area contributed by atoms with Crippen molar-refractivity contribution in [2.75, 3.05) is 7.05 Å². The molecule has 0 spiro atoms. The average molecular weight is 613 g/mol. The summed E-state index contributed by atoms with van der Waals surface area (Å²) in [5, 5.41) is 5.20. The Hall–Kier alpha value is -5.16. The highest BCUT2D eigenvalue weighted by Crippen LogP contribution is 2.41. The maximum Gasteiger partial charge on any atom is 0.0716 e. The van der Waals surface area contributed by atoms with Gasteiger partial charge in [-0.1, -0.05) is 109 Å². The summed E-state index contributed by atoms with van der Waals surface area (Å²) >= 11 is 3.70. The number of fused-ring (bicyclic) bond motifs is 6. The van der Waals surface area contributed by atoms with Crippen molar-refractivity contribution in [3.8, 4) is 22.3 Å². The van der Waals surface area contributed by atoms with Crippen LogP contribution < -0.4 is 0 Å². The summed E-state index contributed by atoms with van der Waals surface area (Å²) < 4.78 is 5.22. The molecular formula is C41H28N2S2. The predicted octanol–water partition coefficient (Wildman–Crippen LogP) is 11.9. The van der Waals surface area contributed by atoms with Crippen molar-refractivity contribution in [2.24, 2.45) is 9.98 Å². The molecule has 2 aromatic heterocycles. The number of nitrogens with zero attached hydrogens (tertiary/aromatic N) is 2. The van der Waals surface area contributed by atoms with Crippen LogP contribution in [0.2, 0.25) is 0 Å². The van der Waals surface area contributed by atoms with E-state index in [0.29, 0.717) is 0 Å². The summed E-state index contributed by atoms with van der Waals surface area (Å²) in [5.41, 5.74) is 8.50. The summed E-state index contributed by atoms with van der Waals surface area (Å²) in [7, 11) is 1.84. The molecule has 0 N–H and O–H groups in total. The van der Waals surface area contributed by atoms with E-state index in [1.54, 1.807) is 0 Å². The highest BCUT2D eigenvalue weighted by atomic mass is 32.1. The molecule has 0 atom stereocenters. The second-order valence-electron chi connectivity index (χ2n) is 11.0. The van der Waals surface area contributed by atoms with Gasteiger partial charge in [0.05, 0.1) is 11.4 Å². The van der Waals surface area contributed by atoms with Gasteiger partial charge in [-0.25, -0.2) is 0 Å². The van der Waals surface area contributed by atoms with E-state index in [0.717, 1.165) is 28.1 Å². The maximum absolute atomic E-state index is 4.71. The predicted molar refractivity (Wildman–Crippen MR) is 200 cm³/mol. The van der Waals surface area contributed by atoms with Crippen molar-refractivity contribution in [3.05, 3.63) is 151 Å². The van der Waals surface area contributed by atoms with Gasteiger partial charge in [0.1, 0.15) is 0 Å². The lowest BCUT2D eigenvalue weighted by Gasteiger charge is -2.10. The quantitative estimate of drug-likeness (QED) is 0.167. The van der Waals surface area contributed by atoms with Gasteiger partial charge in [0.15, 0.2) is 0 Å². The highest BCUT2D eigenvalue weighted by Gasteiger charge is 2.14. The zero-order valence-corrected chi connectivity index (χ0v) is 26.3. The molecule has 45 heavy (non-hydrogen) atoms. The number of allylic oxidation sites excluding steroid dienone is 1. The van der Waals surface area contributed by atoms with Crippen molar-refractivity contribution < 1.29 is 0 Å². The second-order valence-corrected chi connectivity index (χ2v) is 13.1. The monoisotopic (exact) mass is 612 g/mol. The van der Waals surface area contributed by atoms with Crippen LogP contribution in [0, 0.1) is 0 Å². The minimum atomic E-state index is 0.790. The summed E-state index contributed by atoms with van der Waals surface area (Å²) in [4.78, 5) is 9.19. The van der Waals surface area contributed by atoms with E-state index in [1.807, 2.05) is 35.8 Å². The topological polar surface area (TPSA) is 24.7 Å². The van der Waals surface area contributed by atoms with Gasteiger partial charge in [0.25, 0.3) is 0 Å². The fraction of sp³-hybridized carbons (Fsp3) is 0.0244. The Morgan fingerprint density at radius 1 is 0.556 bits per heavy atom. The minimum Gasteiger partial charge on any atom is -0.288 e. The van der Waals surface area contributed by atoms with Crippen molar-refractivity contribution in [2.45, 2.75) is 0 Å².